The van der Waals surface area contributed by atoms with Crippen molar-refractivity contribution in [2.24, 2.45) is 5.73 Å². The number of nitrogens with two attached hydrogens (primary N) is 1. The number of hydrogen-bond donors (Lipinski definition) is 1. The summed E-state index contributed by atoms with van der Waals surface area (Å²) >= 11 is 0. The highest BCUT2D eigenvalue weighted by atomic mass is 16.5. The van der Waals surface area contributed by atoms with Gasteiger partial charge in [0.2, 0.25) is 0 Å². The van der Waals surface area contributed by atoms with E-state index < -0.39 is 0 Å². The van der Waals surface area contributed by atoms with Crippen molar-refractivity contribution in [3.05, 3.63) is 29.8 Å². The highest BCUT2D eigenvalue weighted by molar-refractivity contribution is 5.36. The molecule has 19 heavy (non-hydrogen) atoms. The van der Waals surface area contributed by atoms with Crippen LogP contribution >= 0.6 is 0 Å². The minimum Gasteiger partial charge on any atom is -0.491 e. The van der Waals surface area contributed by atoms with E-state index in [9.17, 15) is 0 Å². The van der Waals surface area contributed by atoms with E-state index in [1.165, 1.54) is 12.8 Å². The maximum atomic E-state index is 6.34. The average Bonchev–Trinajstić information content (AvgIpc) is 2.39. The number of benzene rings is 1. The predicted molar refractivity (Wildman–Crippen MR) is 77.3 cm³/mol. The molecule has 3 nitrogen and oxygen atoms in total. The number of hydrogen-bond acceptors (Lipinski definition) is 3. The first kappa shape index (κ1) is 14.4. The van der Waals surface area contributed by atoms with Gasteiger partial charge in [-0.2, -0.15) is 0 Å². The SMILES string of the molecule is CC(C)Oc1ccccc1C(N)CC1CCCCO1. The summed E-state index contributed by atoms with van der Waals surface area (Å²) in [6.07, 6.45) is 4.90. The molecule has 0 radical (unpaired) electrons. The molecule has 0 amide bonds. The first-order chi connectivity index (χ1) is 9.16. The van der Waals surface area contributed by atoms with Crippen LogP contribution in [0.25, 0.3) is 0 Å². The van der Waals surface area contributed by atoms with Crippen molar-refractivity contribution in [3.63, 3.8) is 0 Å². The molecule has 2 N–H and O–H groups in total. The Balaban J connectivity index is 2.02. The standard InChI is InChI=1S/C16H25NO2/c1-12(2)19-16-9-4-3-8-14(16)15(17)11-13-7-5-6-10-18-13/h3-4,8-9,12-13,15H,5-7,10-11,17H2,1-2H3. The quantitative estimate of drug-likeness (QED) is 0.885. The van der Waals surface area contributed by atoms with Gasteiger partial charge in [-0.15, -0.1) is 0 Å². The van der Waals surface area contributed by atoms with Crippen LogP contribution in [-0.4, -0.2) is 18.8 Å². The highest BCUT2D eigenvalue weighted by Crippen LogP contribution is 2.29. The summed E-state index contributed by atoms with van der Waals surface area (Å²) < 4.78 is 11.6. The van der Waals surface area contributed by atoms with Gasteiger partial charge < -0.3 is 15.2 Å². The number of rotatable bonds is 5. The van der Waals surface area contributed by atoms with E-state index in [4.69, 9.17) is 15.2 Å². The summed E-state index contributed by atoms with van der Waals surface area (Å²) in [5.74, 6) is 0.904. The van der Waals surface area contributed by atoms with Gasteiger partial charge in [-0.1, -0.05) is 18.2 Å². The van der Waals surface area contributed by atoms with E-state index in [0.29, 0.717) is 6.10 Å². The van der Waals surface area contributed by atoms with Crippen LogP contribution in [0.3, 0.4) is 0 Å². The molecule has 2 rings (SSSR count). The molecule has 1 aliphatic rings. The Kier molecular flexibility index (Phi) is 5.23. The van der Waals surface area contributed by atoms with Gasteiger partial charge in [0.1, 0.15) is 5.75 Å². The molecule has 106 valence electrons. The lowest BCUT2D eigenvalue weighted by molar-refractivity contribution is 0.00714. The fourth-order valence-corrected chi connectivity index (χ4v) is 2.55. The Morgan fingerprint density at radius 2 is 2.11 bits per heavy atom. The Morgan fingerprint density at radius 1 is 1.32 bits per heavy atom. The molecule has 1 aromatic carbocycles. The minimum atomic E-state index is -0.0157. The second-order valence-corrected chi connectivity index (χ2v) is 5.54. The van der Waals surface area contributed by atoms with Gasteiger partial charge in [0.05, 0.1) is 12.2 Å². The summed E-state index contributed by atoms with van der Waals surface area (Å²) in [5.41, 5.74) is 7.43. The maximum Gasteiger partial charge on any atom is 0.124 e. The molecule has 2 atom stereocenters. The summed E-state index contributed by atoms with van der Waals surface area (Å²) in [7, 11) is 0. The van der Waals surface area contributed by atoms with E-state index in [-0.39, 0.29) is 12.1 Å². The molecule has 1 fully saturated rings. The van der Waals surface area contributed by atoms with Crippen LogP contribution in [0.15, 0.2) is 24.3 Å². The van der Waals surface area contributed by atoms with E-state index in [1.54, 1.807) is 0 Å². The molecule has 1 saturated heterocycles. The lowest BCUT2D eigenvalue weighted by Gasteiger charge is -2.26. The van der Waals surface area contributed by atoms with Gasteiger partial charge in [-0.3, -0.25) is 0 Å². The average molecular weight is 263 g/mol. The van der Waals surface area contributed by atoms with Crippen molar-refractivity contribution in [1.82, 2.24) is 0 Å². The molecule has 1 aliphatic heterocycles. The number of ether oxygens (including phenoxy) is 2. The molecule has 1 aromatic rings. The van der Waals surface area contributed by atoms with Crippen molar-refractivity contribution in [2.45, 2.75) is 57.8 Å². The Labute approximate surface area is 116 Å². The Morgan fingerprint density at radius 3 is 2.79 bits per heavy atom. The van der Waals surface area contributed by atoms with Crippen LogP contribution in [0.2, 0.25) is 0 Å². The van der Waals surface area contributed by atoms with Crippen molar-refractivity contribution in [1.29, 1.82) is 0 Å². The van der Waals surface area contributed by atoms with Gasteiger partial charge in [-0.25, -0.2) is 0 Å². The lowest BCUT2D eigenvalue weighted by Crippen LogP contribution is -2.25. The molecular weight excluding hydrogens is 238 g/mol. The van der Waals surface area contributed by atoms with Crippen molar-refractivity contribution in [3.8, 4) is 5.75 Å². The van der Waals surface area contributed by atoms with Crippen molar-refractivity contribution < 1.29 is 9.47 Å². The Hall–Kier alpha value is -1.06. The van der Waals surface area contributed by atoms with E-state index in [2.05, 4.69) is 6.07 Å². The van der Waals surface area contributed by atoms with Crippen LogP contribution in [0, 0.1) is 0 Å². The first-order valence-corrected chi connectivity index (χ1v) is 7.29. The summed E-state index contributed by atoms with van der Waals surface area (Å²) in [6, 6.07) is 8.05. The molecule has 0 spiro atoms. The third-order valence-electron chi connectivity index (χ3n) is 3.47. The van der Waals surface area contributed by atoms with Crippen LogP contribution in [-0.2, 0) is 4.74 Å². The van der Waals surface area contributed by atoms with E-state index in [0.717, 1.165) is 30.8 Å². The molecular formula is C16H25NO2. The molecule has 3 heteroatoms. The zero-order chi connectivity index (χ0) is 13.7. The minimum absolute atomic E-state index is 0.0157. The van der Waals surface area contributed by atoms with Crippen LogP contribution < -0.4 is 10.5 Å². The molecule has 0 bridgehead atoms. The normalized spacial score (nSPS) is 21.4. The third kappa shape index (κ3) is 4.22. The van der Waals surface area contributed by atoms with Crippen LogP contribution in [0.5, 0.6) is 5.75 Å². The van der Waals surface area contributed by atoms with Gasteiger partial charge in [0, 0.05) is 18.2 Å². The topological polar surface area (TPSA) is 44.5 Å². The van der Waals surface area contributed by atoms with Crippen molar-refractivity contribution in [2.75, 3.05) is 6.61 Å². The lowest BCUT2D eigenvalue weighted by atomic mass is 9.97. The van der Waals surface area contributed by atoms with Gasteiger partial charge in [0.15, 0.2) is 0 Å². The monoisotopic (exact) mass is 263 g/mol. The zero-order valence-corrected chi connectivity index (χ0v) is 12.0. The van der Waals surface area contributed by atoms with E-state index in [1.807, 2.05) is 32.0 Å². The molecule has 0 saturated carbocycles. The molecule has 0 aliphatic carbocycles. The fraction of sp³-hybridized carbons (Fsp3) is 0.625. The molecule has 2 unspecified atom stereocenters. The zero-order valence-electron chi connectivity index (χ0n) is 12.0. The van der Waals surface area contributed by atoms with Crippen LogP contribution in [0.4, 0.5) is 0 Å². The van der Waals surface area contributed by atoms with Gasteiger partial charge in [-0.05, 0) is 45.6 Å². The third-order valence-corrected chi connectivity index (χ3v) is 3.47. The smallest absolute Gasteiger partial charge is 0.124 e. The van der Waals surface area contributed by atoms with E-state index >= 15 is 0 Å². The number of para-hydroxylation sites is 1. The fourth-order valence-electron chi connectivity index (χ4n) is 2.55. The van der Waals surface area contributed by atoms with Crippen LogP contribution in [0.1, 0.15) is 51.1 Å². The second-order valence-electron chi connectivity index (χ2n) is 5.54. The predicted octanol–water partition coefficient (Wildman–Crippen LogP) is 3.43. The second kappa shape index (κ2) is 6.92. The first-order valence-electron chi connectivity index (χ1n) is 7.29. The molecule has 1 heterocycles. The van der Waals surface area contributed by atoms with Gasteiger partial charge in [0.25, 0.3) is 0 Å². The summed E-state index contributed by atoms with van der Waals surface area (Å²) in [5, 5.41) is 0. The van der Waals surface area contributed by atoms with Gasteiger partial charge >= 0.3 is 0 Å². The maximum absolute atomic E-state index is 6.34. The summed E-state index contributed by atoms with van der Waals surface area (Å²) in [6.45, 7) is 4.95. The Bertz CT molecular complexity index is 386. The van der Waals surface area contributed by atoms with Crippen molar-refractivity contribution >= 4 is 0 Å². The highest BCUT2D eigenvalue weighted by Gasteiger charge is 2.20. The largest absolute Gasteiger partial charge is 0.491 e. The summed E-state index contributed by atoms with van der Waals surface area (Å²) in [4.78, 5) is 0. The molecule has 0 aromatic heterocycles.